The van der Waals surface area contributed by atoms with Crippen LogP contribution in [0.15, 0.2) is 46.3 Å². The lowest BCUT2D eigenvalue weighted by Gasteiger charge is -2.44. The summed E-state index contributed by atoms with van der Waals surface area (Å²) in [5, 5.41) is 5.61. The first kappa shape index (κ1) is 12.4. The summed E-state index contributed by atoms with van der Waals surface area (Å²) in [5.41, 5.74) is 1.78. The second-order valence-electron chi connectivity index (χ2n) is 4.94. The Labute approximate surface area is 120 Å². The number of aryl methyl sites for hydroxylation is 1. The Hall–Kier alpha value is -0.640. The molecule has 1 aliphatic heterocycles. The van der Waals surface area contributed by atoms with Gasteiger partial charge in [-0.25, -0.2) is 0 Å². The zero-order valence-corrected chi connectivity index (χ0v) is 12.6. The molecule has 3 rings (SSSR count). The molecule has 0 spiro atoms. The first-order valence-corrected chi connectivity index (χ1v) is 7.96. The van der Waals surface area contributed by atoms with Gasteiger partial charge in [0.05, 0.1) is 0 Å². The average Bonchev–Trinajstić information content (AvgIpc) is 2.83. The third-order valence-electron chi connectivity index (χ3n) is 3.80. The molecule has 0 unspecified atom stereocenters. The van der Waals surface area contributed by atoms with Crippen LogP contribution in [0.3, 0.4) is 0 Å². The van der Waals surface area contributed by atoms with Crippen molar-refractivity contribution < 1.29 is 0 Å². The molecule has 18 heavy (non-hydrogen) atoms. The largest absolute Gasteiger partial charge is 0.315 e. The van der Waals surface area contributed by atoms with E-state index in [2.05, 4.69) is 63.0 Å². The van der Waals surface area contributed by atoms with Crippen LogP contribution in [0, 0.1) is 0 Å². The zero-order chi connectivity index (χ0) is 12.4. The third kappa shape index (κ3) is 2.27. The maximum atomic E-state index is 3.70. The van der Waals surface area contributed by atoms with Gasteiger partial charge in [0.1, 0.15) is 0 Å². The number of benzene rings is 1. The van der Waals surface area contributed by atoms with E-state index in [1.54, 1.807) is 0 Å². The normalized spacial score (nSPS) is 17.4. The van der Waals surface area contributed by atoms with Gasteiger partial charge in [0.25, 0.3) is 0 Å². The van der Waals surface area contributed by atoms with Crippen LogP contribution in [-0.4, -0.2) is 13.1 Å². The van der Waals surface area contributed by atoms with Gasteiger partial charge in [0, 0.05) is 27.9 Å². The van der Waals surface area contributed by atoms with Gasteiger partial charge in [0.15, 0.2) is 0 Å². The second-order valence-corrected chi connectivity index (χ2v) is 6.83. The highest BCUT2D eigenvalue weighted by molar-refractivity contribution is 9.10. The van der Waals surface area contributed by atoms with Crippen molar-refractivity contribution in [1.82, 2.24) is 5.32 Å². The van der Waals surface area contributed by atoms with Crippen LogP contribution in [-0.2, 0) is 11.8 Å². The topological polar surface area (TPSA) is 12.0 Å². The molecule has 2 aromatic rings. The van der Waals surface area contributed by atoms with Crippen molar-refractivity contribution in [3.63, 3.8) is 0 Å². The molecular weight excluding hydrogens is 306 g/mol. The van der Waals surface area contributed by atoms with Crippen molar-refractivity contribution >= 4 is 27.3 Å². The lowest BCUT2D eigenvalue weighted by molar-refractivity contribution is 0.257. The standard InChI is InChI=1S/C15H16BrNS/c16-14-6-2-1-5-13(14)15(10-17-11-15)8-7-12-4-3-9-18-12/h1-6,9,17H,7-8,10-11H2. The summed E-state index contributed by atoms with van der Waals surface area (Å²) in [6, 6.07) is 13.0. The molecule has 1 aromatic heterocycles. The number of thiophene rings is 1. The van der Waals surface area contributed by atoms with E-state index in [1.165, 1.54) is 27.8 Å². The molecule has 0 aliphatic carbocycles. The Morgan fingerprint density at radius 1 is 1.17 bits per heavy atom. The van der Waals surface area contributed by atoms with Crippen molar-refractivity contribution in [1.29, 1.82) is 0 Å². The van der Waals surface area contributed by atoms with E-state index in [4.69, 9.17) is 0 Å². The minimum Gasteiger partial charge on any atom is -0.315 e. The molecule has 0 bridgehead atoms. The predicted molar refractivity (Wildman–Crippen MR) is 81.3 cm³/mol. The number of halogens is 1. The van der Waals surface area contributed by atoms with Gasteiger partial charge in [-0.2, -0.15) is 0 Å². The van der Waals surface area contributed by atoms with Crippen LogP contribution in [0.5, 0.6) is 0 Å². The number of rotatable bonds is 4. The molecule has 3 heteroatoms. The lowest BCUT2D eigenvalue weighted by atomic mass is 9.72. The summed E-state index contributed by atoms with van der Waals surface area (Å²) >= 11 is 5.57. The molecule has 2 heterocycles. The quantitative estimate of drug-likeness (QED) is 0.898. The minimum atomic E-state index is 0.323. The molecule has 0 saturated carbocycles. The summed E-state index contributed by atoms with van der Waals surface area (Å²) in [6.45, 7) is 2.20. The van der Waals surface area contributed by atoms with Crippen LogP contribution in [0.2, 0.25) is 0 Å². The van der Waals surface area contributed by atoms with E-state index >= 15 is 0 Å². The van der Waals surface area contributed by atoms with E-state index < -0.39 is 0 Å². The summed E-state index contributed by atoms with van der Waals surface area (Å²) in [7, 11) is 0. The lowest BCUT2D eigenvalue weighted by Crippen LogP contribution is -2.57. The molecule has 1 aromatic carbocycles. The molecule has 0 radical (unpaired) electrons. The van der Waals surface area contributed by atoms with Crippen LogP contribution in [0.4, 0.5) is 0 Å². The van der Waals surface area contributed by atoms with Crippen molar-refractivity contribution in [2.75, 3.05) is 13.1 Å². The van der Waals surface area contributed by atoms with Gasteiger partial charge in [-0.05, 0) is 35.9 Å². The van der Waals surface area contributed by atoms with Crippen LogP contribution in [0.1, 0.15) is 16.9 Å². The Bertz CT molecular complexity index is 517. The number of hydrogen-bond donors (Lipinski definition) is 1. The monoisotopic (exact) mass is 321 g/mol. The summed E-state index contributed by atoms with van der Waals surface area (Å²) in [6.07, 6.45) is 2.41. The van der Waals surface area contributed by atoms with Crippen molar-refractivity contribution in [3.8, 4) is 0 Å². The average molecular weight is 322 g/mol. The van der Waals surface area contributed by atoms with Crippen molar-refractivity contribution in [2.45, 2.75) is 18.3 Å². The highest BCUT2D eigenvalue weighted by Crippen LogP contribution is 2.37. The van der Waals surface area contributed by atoms with Crippen LogP contribution >= 0.6 is 27.3 Å². The van der Waals surface area contributed by atoms with Crippen LogP contribution in [0.25, 0.3) is 0 Å². The van der Waals surface area contributed by atoms with Gasteiger partial charge in [0.2, 0.25) is 0 Å². The highest BCUT2D eigenvalue weighted by atomic mass is 79.9. The molecular formula is C15H16BrNS. The fraction of sp³-hybridized carbons (Fsp3) is 0.333. The molecule has 1 N–H and O–H groups in total. The maximum absolute atomic E-state index is 3.70. The Morgan fingerprint density at radius 3 is 2.61 bits per heavy atom. The van der Waals surface area contributed by atoms with Crippen molar-refractivity contribution in [3.05, 3.63) is 56.7 Å². The first-order valence-electron chi connectivity index (χ1n) is 6.28. The smallest absolute Gasteiger partial charge is 0.0217 e. The van der Waals surface area contributed by atoms with Crippen LogP contribution < -0.4 is 5.32 Å². The van der Waals surface area contributed by atoms with E-state index in [0.717, 1.165) is 13.1 Å². The maximum Gasteiger partial charge on any atom is 0.0217 e. The molecule has 1 saturated heterocycles. The first-order chi connectivity index (χ1) is 8.80. The van der Waals surface area contributed by atoms with E-state index in [1.807, 2.05) is 11.3 Å². The molecule has 1 nitrogen and oxygen atoms in total. The van der Waals surface area contributed by atoms with Gasteiger partial charge in [-0.1, -0.05) is 40.2 Å². The molecule has 0 amide bonds. The summed E-state index contributed by atoms with van der Waals surface area (Å²) < 4.78 is 1.25. The fourth-order valence-electron chi connectivity index (χ4n) is 2.64. The molecule has 1 fully saturated rings. The van der Waals surface area contributed by atoms with Gasteiger partial charge < -0.3 is 5.32 Å². The van der Waals surface area contributed by atoms with E-state index in [0.29, 0.717) is 5.41 Å². The SMILES string of the molecule is Brc1ccccc1C1(CCc2cccs2)CNC1. The molecule has 0 atom stereocenters. The van der Waals surface area contributed by atoms with Gasteiger partial charge >= 0.3 is 0 Å². The van der Waals surface area contributed by atoms with Gasteiger partial charge in [-0.3, -0.25) is 0 Å². The summed E-state index contributed by atoms with van der Waals surface area (Å²) in [4.78, 5) is 1.49. The number of nitrogens with one attached hydrogen (secondary N) is 1. The van der Waals surface area contributed by atoms with Gasteiger partial charge in [-0.15, -0.1) is 11.3 Å². The third-order valence-corrected chi connectivity index (χ3v) is 5.43. The molecule has 94 valence electrons. The highest BCUT2D eigenvalue weighted by Gasteiger charge is 2.39. The number of hydrogen-bond acceptors (Lipinski definition) is 2. The Kier molecular flexibility index (Phi) is 3.55. The predicted octanol–water partition coefficient (Wildman–Crippen LogP) is 3.98. The Morgan fingerprint density at radius 2 is 2.00 bits per heavy atom. The fourth-order valence-corrected chi connectivity index (χ4v) is 4.05. The van der Waals surface area contributed by atoms with E-state index in [9.17, 15) is 0 Å². The zero-order valence-electron chi connectivity index (χ0n) is 10.2. The van der Waals surface area contributed by atoms with Crippen molar-refractivity contribution in [2.24, 2.45) is 0 Å². The minimum absolute atomic E-state index is 0.323. The summed E-state index contributed by atoms with van der Waals surface area (Å²) in [5.74, 6) is 0. The second kappa shape index (κ2) is 5.16. The molecule has 1 aliphatic rings. The Balaban J connectivity index is 1.80. The van der Waals surface area contributed by atoms with E-state index in [-0.39, 0.29) is 0 Å².